The lowest BCUT2D eigenvalue weighted by Crippen LogP contribution is -2.33. The second kappa shape index (κ2) is 4.16. The lowest BCUT2D eigenvalue weighted by atomic mass is 9.91. The van der Waals surface area contributed by atoms with Crippen molar-refractivity contribution in [2.45, 2.75) is 12.3 Å². The van der Waals surface area contributed by atoms with Crippen LogP contribution in [-0.4, -0.2) is 22.8 Å². The fourth-order valence-corrected chi connectivity index (χ4v) is 1.86. The molecule has 0 aromatic heterocycles. The first kappa shape index (κ1) is 12.7. The number of rotatable bonds is 1. The zero-order valence-corrected chi connectivity index (χ0v) is 8.94. The smallest absolute Gasteiger partial charge is 0.419 e. The first-order valence-corrected chi connectivity index (χ1v) is 5.06. The van der Waals surface area contributed by atoms with Crippen LogP contribution in [0.25, 0.3) is 0 Å². The molecule has 2 atom stereocenters. The van der Waals surface area contributed by atoms with Gasteiger partial charge >= 0.3 is 12.1 Å². The number of aliphatic carboxylic acids is 1. The van der Waals surface area contributed by atoms with E-state index in [-0.39, 0.29) is 5.56 Å². The van der Waals surface area contributed by atoms with Crippen molar-refractivity contribution >= 4 is 5.97 Å². The Labute approximate surface area is 99.6 Å². The fourth-order valence-electron chi connectivity index (χ4n) is 1.86. The van der Waals surface area contributed by atoms with Crippen LogP contribution >= 0.6 is 0 Å². The van der Waals surface area contributed by atoms with Gasteiger partial charge < -0.3 is 14.9 Å². The molecule has 4 nitrogen and oxygen atoms in total. The normalized spacial score (nSPS) is 23.1. The van der Waals surface area contributed by atoms with Crippen LogP contribution in [0.4, 0.5) is 13.2 Å². The van der Waals surface area contributed by atoms with Crippen LogP contribution in [0, 0.1) is 5.92 Å². The Morgan fingerprint density at radius 3 is 2.61 bits per heavy atom. The highest BCUT2D eigenvalue weighted by molar-refractivity contribution is 5.72. The van der Waals surface area contributed by atoms with Crippen LogP contribution in [0.3, 0.4) is 0 Å². The predicted molar refractivity (Wildman–Crippen MR) is 53.0 cm³/mol. The molecule has 1 aromatic rings. The Morgan fingerprint density at radius 1 is 1.39 bits per heavy atom. The molecule has 0 amide bonds. The van der Waals surface area contributed by atoms with E-state index >= 15 is 0 Å². The van der Waals surface area contributed by atoms with Crippen molar-refractivity contribution in [1.82, 2.24) is 0 Å². The molecule has 2 rings (SSSR count). The van der Waals surface area contributed by atoms with Crippen LogP contribution in [0.1, 0.15) is 17.2 Å². The molecule has 18 heavy (non-hydrogen) atoms. The van der Waals surface area contributed by atoms with Gasteiger partial charge in [-0.25, -0.2) is 0 Å². The minimum absolute atomic E-state index is 0.150. The molecule has 98 valence electrons. The summed E-state index contributed by atoms with van der Waals surface area (Å²) in [5.74, 6) is -3.07. The van der Waals surface area contributed by atoms with Gasteiger partial charge in [-0.05, 0) is 6.07 Å². The topological polar surface area (TPSA) is 66.8 Å². The van der Waals surface area contributed by atoms with E-state index in [0.717, 1.165) is 12.1 Å². The molecule has 1 aromatic carbocycles. The highest BCUT2D eigenvalue weighted by Gasteiger charge is 2.41. The summed E-state index contributed by atoms with van der Waals surface area (Å²) in [7, 11) is 0. The van der Waals surface area contributed by atoms with Gasteiger partial charge in [-0.1, -0.05) is 12.1 Å². The van der Waals surface area contributed by atoms with Gasteiger partial charge in [-0.15, -0.1) is 0 Å². The number of para-hydroxylation sites is 1. The summed E-state index contributed by atoms with van der Waals surface area (Å²) in [6.07, 6.45) is -6.12. The number of halogens is 3. The average molecular weight is 262 g/mol. The standard InChI is InChI=1S/C11H9F3O4/c12-11(13,14)7-3-1-2-5-8(15)6(10(16)17)4-18-9(5)7/h1-3,6,8,15H,4H2,(H,16,17). The molecular weight excluding hydrogens is 253 g/mol. The third-order valence-electron chi connectivity index (χ3n) is 2.78. The Balaban J connectivity index is 2.49. The highest BCUT2D eigenvalue weighted by atomic mass is 19.4. The Morgan fingerprint density at radius 2 is 2.06 bits per heavy atom. The molecule has 2 N–H and O–H groups in total. The van der Waals surface area contributed by atoms with Crippen molar-refractivity contribution in [3.05, 3.63) is 29.3 Å². The minimum atomic E-state index is -4.61. The number of hydrogen-bond acceptors (Lipinski definition) is 3. The molecule has 2 unspecified atom stereocenters. The SMILES string of the molecule is O=C(O)C1COc2c(cccc2C(F)(F)F)C1O. The fraction of sp³-hybridized carbons (Fsp3) is 0.364. The first-order chi connectivity index (χ1) is 8.32. The summed E-state index contributed by atoms with van der Waals surface area (Å²) in [5.41, 5.74) is -1.16. The molecule has 0 fully saturated rings. The van der Waals surface area contributed by atoms with Crippen LogP contribution < -0.4 is 4.74 Å². The van der Waals surface area contributed by atoms with Gasteiger partial charge in [0.2, 0.25) is 0 Å². The maximum absolute atomic E-state index is 12.7. The maximum Gasteiger partial charge on any atom is 0.419 e. The molecule has 7 heteroatoms. The number of benzene rings is 1. The van der Waals surface area contributed by atoms with Gasteiger partial charge in [-0.3, -0.25) is 4.79 Å². The summed E-state index contributed by atoms with van der Waals surface area (Å²) >= 11 is 0. The van der Waals surface area contributed by atoms with Gasteiger partial charge in [-0.2, -0.15) is 13.2 Å². The average Bonchev–Trinajstić information content (AvgIpc) is 2.27. The number of carbonyl (C=O) groups is 1. The number of aliphatic hydroxyl groups excluding tert-OH is 1. The summed E-state index contributed by atoms with van der Waals surface area (Å²) < 4.78 is 42.9. The third-order valence-corrected chi connectivity index (χ3v) is 2.78. The lowest BCUT2D eigenvalue weighted by Gasteiger charge is -2.29. The van der Waals surface area contributed by atoms with E-state index in [9.17, 15) is 23.1 Å². The number of alkyl halides is 3. The van der Waals surface area contributed by atoms with Gasteiger partial charge in [0, 0.05) is 5.56 Å². The van der Waals surface area contributed by atoms with E-state index in [1.54, 1.807) is 0 Å². The van der Waals surface area contributed by atoms with Crippen molar-refractivity contribution in [2.75, 3.05) is 6.61 Å². The predicted octanol–water partition coefficient (Wildman–Crippen LogP) is 1.83. The van der Waals surface area contributed by atoms with Crippen molar-refractivity contribution in [3.63, 3.8) is 0 Å². The third kappa shape index (κ3) is 2.01. The summed E-state index contributed by atoms with van der Waals surface area (Å²) in [4.78, 5) is 10.8. The molecule has 0 spiro atoms. The number of aliphatic hydroxyl groups is 1. The van der Waals surface area contributed by atoms with Crippen LogP contribution in [0.5, 0.6) is 5.75 Å². The van der Waals surface area contributed by atoms with Gasteiger partial charge in [0.25, 0.3) is 0 Å². The second-order valence-electron chi connectivity index (χ2n) is 3.92. The van der Waals surface area contributed by atoms with E-state index in [1.807, 2.05) is 0 Å². The van der Waals surface area contributed by atoms with Crippen molar-refractivity contribution in [2.24, 2.45) is 5.92 Å². The Bertz CT molecular complexity index is 484. The van der Waals surface area contributed by atoms with Crippen molar-refractivity contribution in [1.29, 1.82) is 0 Å². The minimum Gasteiger partial charge on any atom is -0.492 e. The molecule has 1 aliphatic rings. The van der Waals surface area contributed by atoms with Crippen LogP contribution in [0.2, 0.25) is 0 Å². The molecule has 0 saturated carbocycles. The first-order valence-electron chi connectivity index (χ1n) is 5.06. The lowest BCUT2D eigenvalue weighted by molar-refractivity contribution is -0.149. The number of carboxylic acid groups (broad SMARTS) is 1. The van der Waals surface area contributed by atoms with Gasteiger partial charge in [0.1, 0.15) is 18.3 Å². The van der Waals surface area contributed by atoms with E-state index in [0.29, 0.717) is 0 Å². The molecule has 0 saturated heterocycles. The van der Waals surface area contributed by atoms with E-state index in [1.165, 1.54) is 6.07 Å². The van der Waals surface area contributed by atoms with Crippen molar-refractivity contribution < 1.29 is 32.9 Å². The quantitative estimate of drug-likeness (QED) is 0.810. The number of ether oxygens (including phenoxy) is 1. The summed E-state index contributed by atoms with van der Waals surface area (Å²) in [6.45, 7) is -0.489. The van der Waals surface area contributed by atoms with Crippen LogP contribution in [0.15, 0.2) is 18.2 Å². The van der Waals surface area contributed by atoms with Crippen LogP contribution in [-0.2, 0) is 11.0 Å². The van der Waals surface area contributed by atoms with E-state index < -0.39 is 42.1 Å². The summed E-state index contributed by atoms with van der Waals surface area (Å²) in [5, 5.41) is 18.6. The van der Waals surface area contributed by atoms with Crippen molar-refractivity contribution in [3.8, 4) is 5.75 Å². The van der Waals surface area contributed by atoms with Gasteiger partial charge in [0.05, 0.1) is 11.7 Å². The molecule has 1 heterocycles. The molecule has 0 radical (unpaired) electrons. The number of fused-ring (bicyclic) bond motifs is 1. The molecule has 1 aliphatic heterocycles. The number of hydrogen-bond donors (Lipinski definition) is 2. The zero-order chi connectivity index (χ0) is 13.5. The Kier molecular flexibility index (Phi) is 2.94. The van der Waals surface area contributed by atoms with Gasteiger partial charge in [0.15, 0.2) is 0 Å². The largest absolute Gasteiger partial charge is 0.492 e. The van der Waals surface area contributed by atoms with E-state index in [2.05, 4.69) is 0 Å². The highest BCUT2D eigenvalue weighted by Crippen LogP contribution is 2.44. The zero-order valence-electron chi connectivity index (χ0n) is 8.94. The monoisotopic (exact) mass is 262 g/mol. The maximum atomic E-state index is 12.7. The molecule has 0 bridgehead atoms. The second-order valence-corrected chi connectivity index (χ2v) is 3.92. The molecular formula is C11H9F3O4. The number of carboxylic acids is 1. The van der Waals surface area contributed by atoms with E-state index in [4.69, 9.17) is 9.84 Å². The Hall–Kier alpha value is -1.76. The molecule has 0 aliphatic carbocycles. The summed E-state index contributed by atoms with van der Waals surface area (Å²) in [6, 6.07) is 3.16.